The van der Waals surface area contributed by atoms with Gasteiger partial charge in [0.25, 0.3) is 0 Å². The molecule has 0 radical (unpaired) electrons. The molecule has 0 saturated heterocycles. The highest BCUT2D eigenvalue weighted by molar-refractivity contribution is 5.71. The van der Waals surface area contributed by atoms with E-state index in [1.54, 1.807) is 0 Å². The highest BCUT2D eigenvalue weighted by atomic mass is 16.6. The van der Waals surface area contributed by atoms with Crippen molar-refractivity contribution in [2.24, 2.45) is 11.8 Å². The largest absolute Gasteiger partial charge is 0.462 e. The Labute approximate surface area is 310 Å². The minimum Gasteiger partial charge on any atom is -0.462 e. The molecule has 0 heterocycles. The summed E-state index contributed by atoms with van der Waals surface area (Å²) in [6.07, 6.45) is 34.2. The molecule has 0 rings (SSSR count). The second-order valence-corrected chi connectivity index (χ2v) is 15.7. The Balaban J connectivity index is 4.10. The van der Waals surface area contributed by atoms with Crippen LogP contribution in [0, 0.1) is 11.8 Å². The highest BCUT2D eigenvalue weighted by Gasteiger charge is 2.19. The van der Waals surface area contributed by atoms with Gasteiger partial charge in [-0.25, -0.2) is 0 Å². The van der Waals surface area contributed by atoms with Gasteiger partial charge in [-0.1, -0.05) is 195 Å². The van der Waals surface area contributed by atoms with Crippen molar-refractivity contribution in [1.82, 2.24) is 0 Å². The maximum absolute atomic E-state index is 12.5. The third kappa shape index (κ3) is 36.2. The molecule has 0 aromatic carbocycles. The molecular weight excluding hydrogens is 624 g/mol. The predicted octanol–water partition coefficient (Wildman–Crippen LogP) is 13.4. The van der Waals surface area contributed by atoms with Gasteiger partial charge in [-0.3, -0.25) is 14.4 Å². The molecule has 0 aliphatic carbocycles. The van der Waals surface area contributed by atoms with Crippen molar-refractivity contribution in [3.8, 4) is 0 Å². The van der Waals surface area contributed by atoms with Gasteiger partial charge >= 0.3 is 17.9 Å². The third-order valence-corrected chi connectivity index (χ3v) is 10.1. The summed E-state index contributed by atoms with van der Waals surface area (Å²) in [4.78, 5) is 37.3. The van der Waals surface area contributed by atoms with Crippen molar-refractivity contribution >= 4 is 17.9 Å². The Morgan fingerprint density at radius 3 is 1.14 bits per heavy atom. The fraction of sp³-hybridized carbons (Fsp3) is 0.932. The molecule has 6 nitrogen and oxygen atoms in total. The average molecular weight is 709 g/mol. The summed E-state index contributed by atoms with van der Waals surface area (Å²) in [5, 5.41) is 0. The van der Waals surface area contributed by atoms with E-state index in [4.69, 9.17) is 14.2 Å². The molecule has 0 aromatic rings. The van der Waals surface area contributed by atoms with Gasteiger partial charge in [0.1, 0.15) is 13.2 Å². The summed E-state index contributed by atoms with van der Waals surface area (Å²) in [5.41, 5.74) is 0. The number of carbonyl (C=O) groups excluding carboxylic acids is 3. The lowest BCUT2D eigenvalue weighted by atomic mass is 9.99. The normalized spacial score (nSPS) is 12.6. The summed E-state index contributed by atoms with van der Waals surface area (Å²) in [6, 6.07) is 0. The Morgan fingerprint density at radius 1 is 0.420 bits per heavy atom. The van der Waals surface area contributed by atoms with Gasteiger partial charge in [-0.2, -0.15) is 0 Å². The van der Waals surface area contributed by atoms with E-state index in [1.165, 1.54) is 116 Å². The molecule has 296 valence electrons. The first kappa shape index (κ1) is 48.4. The molecule has 0 N–H and O–H groups in total. The molecule has 0 saturated carbocycles. The van der Waals surface area contributed by atoms with Crippen LogP contribution in [0.3, 0.4) is 0 Å². The van der Waals surface area contributed by atoms with Crippen LogP contribution in [0.25, 0.3) is 0 Å². The van der Waals surface area contributed by atoms with E-state index in [9.17, 15) is 14.4 Å². The van der Waals surface area contributed by atoms with E-state index in [-0.39, 0.29) is 31.1 Å². The van der Waals surface area contributed by atoms with Crippen LogP contribution in [0.4, 0.5) is 0 Å². The second-order valence-electron chi connectivity index (χ2n) is 15.7. The topological polar surface area (TPSA) is 78.9 Å². The van der Waals surface area contributed by atoms with E-state index in [1.807, 2.05) is 0 Å². The number of hydrogen-bond acceptors (Lipinski definition) is 6. The zero-order valence-corrected chi connectivity index (χ0v) is 34.0. The van der Waals surface area contributed by atoms with Crippen LogP contribution in [0.15, 0.2) is 0 Å². The molecule has 0 aromatic heterocycles. The fourth-order valence-corrected chi connectivity index (χ4v) is 6.37. The molecule has 2 atom stereocenters. The first-order valence-corrected chi connectivity index (χ1v) is 21.8. The summed E-state index contributed by atoms with van der Waals surface area (Å²) in [7, 11) is 0. The van der Waals surface area contributed by atoms with Crippen molar-refractivity contribution in [1.29, 1.82) is 0 Å². The van der Waals surface area contributed by atoms with Gasteiger partial charge in [0.05, 0.1) is 0 Å². The molecule has 0 fully saturated rings. The standard InChI is InChI=1S/C44H84O6/c1-6-8-9-22-31-36-44(47)50-41(38-49-43(46)35-30-26-21-20-23-27-32-39(3)4)37-48-42(45)34-29-25-19-17-15-13-11-10-12-14-16-18-24-28-33-40(5)7-2/h39-41H,6-38H2,1-5H3/t40?,41-/m0/s1. The Kier molecular flexibility index (Phi) is 36.0. The number of carbonyl (C=O) groups is 3. The van der Waals surface area contributed by atoms with Crippen molar-refractivity contribution in [2.75, 3.05) is 13.2 Å². The number of ether oxygens (including phenoxy) is 3. The summed E-state index contributed by atoms with van der Waals surface area (Å²) in [6.45, 7) is 11.2. The molecule has 6 heteroatoms. The van der Waals surface area contributed by atoms with E-state index in [2.05, 4.69) is 34.6 Å². The number of esters is 3. The van der Waals surface area contributed by atoms with Crippen molar-refractivity contribution in [3.05, 3.63) is 0 Å². The summed E-state index contributed by atoms with van der Waals surface area (Å²) < 4.78 is 16.5. The van der Waals surface area contributed by atoms with Crippen molar-refractivity contribution in [2.45, 2.75) is 240 Å². The molecule has 0 aliphatic rings. The van der Waals surface area contributed by atoms with Gasteiger partial charge in [0.2, 0.25) is 0 Å². The number of rotatable bonds is 38. The zero-order valence-electron chi connectivity index (χ0n) is 34.0. The Hall–Kier alpha value is -1.59. The SMILES string of the molecule is CCCCCCCC(=O)O[C@@H](COC(=O)CCCCCCCCCCCCCCCCC(C)CC)COC(=O)CCCCCCCCC(C)C. The first-order valence-electron chi connectivity index (χ1n) is 21.8. The van der Waals surface area contributed by atoms with Crippen LogP contribution in [-0.2, 0) is 28.6 Å². The van der Waals surface area contributed by atoms with Crippen LogP contribution >= 0.6 is 0 Å². The minimum atomic E-state index is -0.758. The van der Waals surface area contributed by atoms with Crippen LogP contribution in [0.5, 0.6) is 0 Å². The lowest BCUT2D eigenvalue weighted by molar-refractivity contribution is -0.167. The molecule has 1 unspecified atom stereocenters. The molecule has 0 bridgehead atoms. The minimum absolute atomic E-state index is 0.0672. The Bertz CT molecular complexity index is 766. The van der Waals surface area contributed by atoms with Crippen molar-refractivity contribution in [3.63, 3.8) is 0 Å². The molecule has 0 aliphatic heterocycles. The molecule has 0 amide bonds. The summed E-state index contributed by atoms with van der Waals surface area (Å²) in [5.74, 6) is 0.780. The highest BCUT2D eigenvalue weighted by Crippen LogP contribution is 2.17. The number of hydrogen-bond donors (Lipinski definition) is 0. The monoisotopic (exact) mass is 709 g/mol. The van der Waals surface area contributed by atoms with E-state index < -0.39 is 6.10 Å². The maximum Gasteiger partial charge on any atom is 0.306 e. The number of unbranched alkanes of at least 4 members (excludes halogenated alkanes) is 22. The second kappa shape index (κ2) is 37.2. The summed E-state index contributed by atoms with van der Waals surface area (Å²) >= 11 is 0. The Morgan fingerprint density at radius 2 is 0.760 bits per heavy atom. The smallest absolute Gasteiger partial charge is 0.306 e. The van der Waals surface area contributed by atoms with Crippen LogP contribution < -0.4 is 0 Å². The van der Waals surface area contributed by atoms with E-state index in [0.29, 0.717) is 19.3 Å². The predicted molar refractivity (Wildman–Crippen MR) is 210 cm³/mol. The maximum atomic E-state index is 12.5. The van der Waals surface area contributed by atoms with E-state index >= 15 is 0 Å². The van der Waals surface area contributed by atoms with E-state index in [0.717, 1.165) is 76.0 Å². The van der Waals surface area contributed by atoms with Crippen LogP contribution in [-0.4, -0.2) is 37.2 Å². The van der Waals surface area contributed by atoms with Crippen LogP contribution in [0.2, 0.25) is 0 Å². The van der Waals surface area contributed by atoms with Crippen LogP contribution in [0.1, 0.15) is 234 Å². The van der Waals surface area contributed by atoms with Gasteiger partial charge < -0.3 is 14.2 Å². The van der Waals surface area contributed by atoms with Gasteiger partial charge in [-0.05, 0) is 31.1 Å². The average Bonchev–Trinajstić information content (AvgIpc) is 3.09. The third-order valence-electron chi connectivity index (χ3n) is 10.1. The quantitative estimate of drug-likeness (QED) is 0.0361. The first-order chi connectivity index (χ1) is 24.3. The zero-order chi connectivity index (χ0) is 36.9. The lowest BCUT2D eigenvalue weighted by Crippen LogP contribution is -2.30. The molecular formula is C44H84O6. The fourth-order valence-electron chi connectivity index (χ4n) is 6.37. The molecule has 50 heavy (non-hydrogen) atoms. The van der Waals surface area contributed by atoms with Gasteiger partial charge in [0, 0.05) is 19.3 Å². The lowest BCUT2D eigenvalue weighted by Gasteiger charge is -2.18. The van der Waals surface area contributed by atoms with Gasteiger partial charge in [-0.15, -0.1) is 0 Å². The molecule has 0 spiro atoms. The van der Waals surface area contributed by atoms with Crippen molar-refractivity contribution < 1.29 is 28.6 Å². The van der Waals surface area contributed by atoms with Gasteiger partial charge in [0.15, 0.2) is 6.10 Å².